The van der Waals surface area contributed by atoms with E-state index in [2.05, 4.69) is 14.8 Å². The van der Waals surface area contributed by atoms with Gasteiger partial charge < -0.3 is 10.1 Å². The van der Waals surface area contributed by atoms with Crippen LogP contribution in [0.3, 0.4) is 0 Å². The number of sulfonamides is 1. The molecule has 2 rings (SSSR count). The summed E-state index contributed by atoms with van der Waals surface area (Å²) in [6.45, 7) is 1.64. The number of anilines is 1. The topological polar surface area (TPSA) is 102 Å². The van der Waals surface area contributed by atoms with Crippen LogP contribution in [-0.4, -0.2) is 33.4 Å². The molecule has 0 saturated heterocycles. The molecule has 0 saturated carbocycles. The zero-order valence-electron chi connectivity index (χ0n) is 14.7. The van der Waals surface area contributed by atoms with Gasteiger partial charge in [-0.2, -0.15) is 4.72 Å². The highest BCUT2D eigenvalue weighted by Gasteiger charge is 2.24. The van der Waals surface area contributed by atoms with E-state index in [1.807, 2.05) is 0 Å². The lowest BCUT2D eigenvalue weighted by molar-refractivity contribution is -0.117. The molecular weight excluding hydrogens is 375 g/mol. The summed E-state index contributed by atoms with van der Waals surface area (Å²) in [5, 5.41) is 2.56. The Balaban J connectivity index is 2.14. The van der Waals surface area contributed by atoms with E-state index in [9.17, 15) is 22.4 Å². The van der Waals surface area contributed by atoms with Crippen LogP contribution >= 0.6 is 0 Å². The van der Waals surface area contributed by atoms with Crippen molar-refractivity contribution in [2.75, 3.05) is 12.4 Å². The lowest BCUT2D eigenvalue weighted by atomic mass is 10.2. The Kier molecular flexibility index (Phi) is 6.65. The van der Waals surface area contributed by atoms with Gasteiger partial charge in [-0.3, -0.25) is 4.79 Å². The lowest BCUT2D eigenvalue weighted by Crippen LogP contribution is -2.43. The zero-order chi connectivity index (χ0) is 20.0. The van der Waals surface area contributed by atoms with E-state index in [0.29, 0.717) is 5.69 Å². The van der Waals surface area contributed by atoms with Crippen LogP contribution in [-0.2, 0) is 19.6 Å². The zero-order valence-corrected chi connectivity index (χ0v) is 15.5. The van der Waals surface area contributed by atoms with Gasteiger partial charge in [0, 0.05) is 5.69 Å². The van der Waals surface area contributed by atoms with Crippen molar-refractivity contribution in [3.05, 3.63) is 59.9 Å². The Hall–Kier alpha value is -2.78. The molecule has 27 heavy (non-hydrogen) atoms. The third-order valence-corrected chi connectivity index (χ3v) is 5.18. The number of rotatable bonds is 7. The van der Waals surface area contributed by atoms with Crippen molar-refractivity contribution in [2.45, 2.75) is 24.3 Å². The molecule has 0 aromatic heterocycles. The first kappa shape index (κ1) is 20.5. The van der Waals surface area contributed by atoms with Gasteiger partial charge in [-0.25, -0.2) is 17.6 Å². The average Bonchev–Trinajstić information content (AvgIpc) is 2.66. The summed E-state index contributed by atoms with van der Waals surface area (Å²) in [7, 11) is -2.76. The maximum absolute atomic E-state index is 13.0. The Morgan fingerprint density at radius 1 is 1.15 bits per heavy atom. The van der Waals surface area contributed by atoms with Crippen molar-refractivity contribution >= 4 is 27.6 Å². The molecule has 144 valence electrons. The molecule has 1 amide bonds. The molecule has 0 aliphatic rings. The lowest BCUT2D eigenvalue weighted by Gasteiger charge is -2.17. The van der Waals surface area contributed by atoms with Crippen molar-refractivity contribution in [1.29, 1.82) is 0 Å². The minimum atomic E-state index is -4.00. The SMILES string of the molecule is CCC(NS(=O)(=O)c1ccc(F)cc1)C(=O)Nc1cccc(C(=O)OC)c1. The van der Waals surface area contributed by atoms with Gasteiger partial charge in [0.05, 0.1) is 17.6 Å². The van der Waals surface area contributed by atoms with Crippen molar-refractivity contribution in [3.63, 3.8) is 0 Å². The molecule has 2 N–H and O–H groups in total. The fraction of sp³-hybridized carbons (Fsp3) is 0.222. The van der Waals surface area contributed by atoms with E-state index in [1.165, 1.54) is 19.2 Å². The van der Waals surface area contributed by atoms with Crippen LogP contribution in [0.15, 0.2) is 53.4 Å². The third-order valence-electron chi connectivity index (χ3n) is 3.70. The first-order valence-corrected chi connectivity index (χ1v) is 9.52. The van der Waals surface area contributed by atoms with Crippen LogP contribution < -0.4 is 10.0 Å². The van der Waals surface area contributed by atoms with Crippen LogP contribution in [0.1, 0.15) is 23.7 Å². The van der Waals surface area contributed by atoms with Gasteiger partial charge in [-0.15, -0.1) is 0 Å². The number of esters is 1. The van der Waals surface area contributed by atoms with E-state index in [-0.39, 0.29) is 16.9 Å². The third kappa shape index (κ3) is 5.35. The second kappa shape index (κ2) is 8.74. The predicted molar refractivity (Wildman–Crippen MR) is 97.2 cm³/mol. The number of methoxy groups -OCH3 is 1. The quantitative estimate of drug-likeness (QED) is 0.702. The van der Waals surface area contributed by atoms with Gasteiger partial charge in [0.2, 0.25) is 15.9 Å². The minimum absolute atomic E-state index is 0.150. The molecule has 0 aliphatic heterocycles. The molecule has 0 heterocycles. The fourth-order valence-electron chi connectivity index (χ4n) is 2.26. The molecule has 9 heteroatoms. The normalized spacial score (nSPS) is 12.3. The number of halogens is 1. The minimum Gasteiger partial charge on any atom is -0.465 e. The van der Waals surface area contributed by atoms with Gasteiger partial charge in [-0.1, -0.05) is 13.0 Å². The monoisotopic (exact) mass is 394 g/mol. The molecule has 0 aliphatic carbocycles. The Morgan fingerprint density at radius 2 is 1.81 bits per heavy atom. The van der Waals surface area contributed by atoms with Crippen LogP contribution in [0.25, 0.3) is 0 Å². The van der Waals surface area contributed by atoms with E-state index >= 15 is 0 Å². The van der Waals surface area contributed by atoms with Crippen LogP contribution in [0.2, 0.25) is 0 Å². The second-order valence-electron chi connectivity index (χ2n) is 5.60. The van der Waals surface area contributed by atoms with Crippen molar-refractivity contribution in [3.8, 4) is 0 Å². The standard InChI is InChI=1S/C18H19FN2O5S/c1-3-16(21-27(24,25)15-9-7-13(19)8-10-15)17(22)20-14-6-4-5-12(11-14)18(23)26-2/h4-11,16,21H,3H2,1-2H3,(H,20,22). The molecule has 0 spiro atoms. The van der Waals surface area contributed by atoms with Crippen LogP contribution in [0.4, 0.5) is 10.1 Å². The van der Waals surface area contributed by atoms with Crippen LogP contribution in [0, 0.1) is 5.82 Å². The van der Waals surface area contributed by atoms with Gasteiger partial charge in [0.25, 0.3) is 0 Å². The number of ether oxygens (including phenoxy) is 1. The van der Waals surface area contributed by atoms with E-state index < -0.39 is 33.8 Å². The Bertz CT molecular complexity index is 929. The molecule has 2 aromatic carbocycles. The van der Waals surface area contributed by atoms with Gasteiger partial charge in [0.15, 0.2) is 0 Å². The number of carbonyl (C=O) groups is 2. The first-order chi connectivity index (χ1) is 12.8. The largest absolute Gasteiger partial charge is 0.465 e. The smallest absolute Gasteiger partial charge is 0.337 e. The molecule has 1 atom stereocenters. The highest BCUT2D eigenvalue weighted by molar-refractivity contribution is 7.89. The number of nitrogens with one attached hydrogen (secondary N) is 2. The molecular formula is C18H19FN2O5S. The van der Waals surface area contributed by atoms with Crippen LogP contribution in [0.5, 0.6) is 0 Å². The fourth-order valence-corrected chi connectivity index (χ4v) is 3.54. The summed E-state index contributed by atoms with van der Waals surface area (Å²) >= 11 is 0. The summed E-state index contributed by atoms with van der Waals surface area (Å²) in [5.74, 6) is -1.72. The Labute approximate surface area is 156 Å². The summed E-state index contributed by atoms with van der Waals surface area (Å²) in [6.07, 6.45) is 0.183. The van der Waals surface area contributed by atoms with E-state index in [0.717, 1.165) is 24.3 Å². The highest BCUT2D eigenvalue weighted by atomic mass is 32.2. The summed E-state index contributed by atoms with van der Waals surface area (Å²) in [6, 6.07) is 9.28. The Morgan fingerprint density at radius 3 is 2.41 bits per heavy atom. The predicted octanol–water partition coefficient (Wildman–Crippen LogP) is 2.31. The summed E-state index contributed by atoms with van der Waals surface area (Å²) in [5.41, 5.74) is 0.567. The number of hydrogen-bond acceptors (Lipinski definition) is 5. The maximum atomic E-state index is 13.0. The molecule has 1 unspecified atom stereocenters. The number of benzene rings is 2. The first-order valence-electron chi connectivity index (χ1n) is 8.04. The average molecular weight is 394 g/mol. The van der Waals surface area contributed by atoms with Crippen molar-refractivity contribution in [1.82, 2.24) is 4.72 Å². The highest BCUT2D eigenvalue weighted by Crippen LogP contribution is 2.14. The van der Waals surface area contributed by atoms with Gasteiger partial charge >= 0.3 is 5.97 Å². The molecule has 7 nitrogen and oxygen atoms in total. The van der Waals surface area contributed by atoms with Gasteiger partial charge in [0.1, 0.15) is 11.9 Å². The van der Waals surface area contributed by atoms with Crippen molar-refractivity contribution < 1.29 is 27.1 Å². The van der Waals surface area contributed by atoms with E-state index in [1.54, 1.807) is 19.1 Å². The maximum Gasteiger partial charge on any atom is 0.337 e. The summed E-state index contributed by atoms with van der Waals surface area (Å²) < 4.78 is 44.6. The van der Waals surface area contributed by atoms with Gasteiger partial charge in [-0.05, 0) is 48.9 Å². The molecule has 0 fully saturated rings. The summed E-state index contributed by atoms with van der Waals surface area (Å²) in [4.78, 5) is 23.8. The molecule has 2 aromatic rings. The molecule has 0 radical (unpaired) electrons. The number of hydrogen-bond donors (Lipinski definition) is 2. The second-order valence-corrected chi connectivity index (χ2v) is 7.31. The molecule has 0 bridgehead atoms. The number of carbonyl (C=O) groups excluding carboxylic acids is 2. The van der Waals surface area contributed by atoms with Crippen molar-refractivity contribution in [2.24, 2.45) is 0 Å². The number of amides is 1. The van der Waals surface area contributed by atoms with E-state index in [4.69, 9.17) is 0 Å².